The number of aliphatic carboxylic acids is 1. The molecular formula is C34H54N4O12. The van der Waals surface area contributed by atoms with Crippen LogP contribution in [0.3, 0.4) is 0 Å². The van der Waals surface area contributed by atoms with E-state index >= 15 is 0 Å². The van der Waals surface area contributed by atoms with Gasteiger partial charge in [-0.2, -0.15) is 0 Å². The highest BCUT2D eigenvalue weighted by Gasteiger charge is 2.55. The third-order valence-corrected chi connectivity index (χ3v) is 9.70. The van der Waals surface area contributed by atoms with E-state index in [0.717, 1.165) is 13.0 Å². The minimum Gasteiger partial charge on any atom is -0.493 e. The van der Waals surface area contributed by atoms with Crippen LogP contribution in [0.4, 0.5) is 0 Å². The fraction of sp³-hybridized carbons (Fsp3) is 0.735. The number of hydrogen-bond donors (Lipinski definition) is 6. The smallest absolute Gasteiger partial charge is 0.336 e. The molecule has 50 heavy (non-hydrogen) atoms. The first kappa shape index (κ1) is 39.7. The van der Waals surface area contributed by atoms with Gasteiger partial charge in [0.1, 0.15) is 12.2 Å². The Morgan fingerprint density at radius 2 is 1.84 bits per heavy atom. The summed E-state index contributed by atoms with van der Waals surface area (Å²) in [6.07, 6.45) is -6.09. The monoisotopic (exact) mass is 710 g/mol. The number of rotatable bonds is 14. The standard InChI is InChI=1S/C34H54N4O12/c1-21(39)36-27-23(40)16-34(31(44)45,10-12-38-13-14-48-19-33(38)9-11-37(18-33)20-49-32(2,3)4)50-29(27)28(42)24(41)17-35-30(43)22-7-8-25(46-5)26(15-22)47-6/h7-8,15,23-24,27-29,40-42H,9-14,16-20H2,1-6H3,(H,35,43)(H,36,39)(H,44,45)/t23-,24+,27+,28+,29+,33-,34+/m0/s1. The van der Waals surface area contributed by atoms with Gasteiger partial charge in [0, 0.05) is 58.1 Å². The van der Waals surface area contributed by atoms with Crippen molar-refractivity contribution in [2.45, 2.75) is 94.2 Å². The molecule has 1 aromatic carbocycles. The Hall–Kier alpha value is -3.09. The molecule has 4 rings (SSSR count). The van der Waals surface area contributed by atoms with E-state index in [1.165, 1.54) is 33.3 Å². The van der Waals surface area contributed by atoms with Crippen LogP contribution in [-0.4, -0.2) is 162 Å². The van der Waals surface area contributed by atoms with Gasteiger partial charge in [-0.3, -0.25) is 19.4 Å². The van der Waals surface area contributed by atoms with Crippen LogP contribution in [0.5, 0.6) is 11.5 Å². The minimum atomic E-state index is -1.96. The number of aliphatic hydroxyl groups is 3. The fourth-order valence-corrected chi connectivity index (χ4v) is 6.92. The summed E-state index contributed by atoms with van der Waals surface area (Å²) in [7, 11) is 2.88. The number of carbonyl (C=O) groups is 3. The van der Waals surface area contributed by atoms with Crippen molar-refractivity contribution < 1.29 is 58.5 Å². The number of aliphatic hydroxyl groups excluding tert-OH is 3. The van der Waals surface area contributed by atoms with Crippen molar-refractivity contribution in [2.24, 2.45) is 0 Å². The lowest BCUT2D eigenvalue weighted by atomic mass is 9.81. The van der Waals surface area contributed by atoms with E-state index in [2.05, 4.69) is 20.4 Å². The van der Waals surface area contributed by atoms with Crippen LogP contribution in [0.2, 0.25) is 0 Å². The first-order chi connectivity index (χ1) is 23.5. The van der Waals surface area contributed by atoms with E-state index in [0.29, 0.717) is 44.5 Å². The molecule has 3 fully saturated rings. The number of hydrogen-bond acceptors (Lipinski definition) is 13. The maximum atomic E-state index is 13.0. The second kappa shape index (κ2) is 16.5. The molecule has 3 aliphatic heterocycles. The number of carboxylic acid groups (broad SMARTS) is 1. The SMILES string of the molecule is COc1ccc(C(=O)NC[C@@H](O)[C@@H](O)[C@@H]2O[C@@](CCN3CCOC[C@@]34CCN(COC(C)(C)C)C4)(C(=O)O)C[C@H](O)[C@H]2NC(C)=O)cc1OC. The molecule has 0 saturated carbocycles. The van der Waals surface area contributed by atoms with Gasteiger partial charge in [0.2, 0.25) is 5.91 Å². The van der Waals surface area contributed by atoms with Crippen LogP contribution in [-0.2, 0) is 23.8 Å². The third-order valence-electron chi connectivity index (χ3n) is 9.70. The number of benzene rings is 1. The average Bonchev–Trinajstić information content (AvgIpc) is 3.48. The molecule has 0 aliphatic carbocycles. The second-order valence-electron chi connectivity index (χ2n) is 14.4. The molecule has 0 aromatic heterocycles. The predicted molar refractivity (Wildman–Crippen MR) is 179 cm³/mol. The number of ether oxygens (including phenoxy) is 5. The molecule has 6 N–H and O–H groups in total. The molecule has 1 aromatic rings. The van der Waals surface area contributed by atoms with E-state index in [1.807, 2.05) is 20.8 Å². The maximum Gasteiger partial charge on any atom is 0.336 e. The van der Waals surface area contributed by atoms with E-state index < -0.39 is 60.4 Å². The van der Waals surface area contributed by atoms with Gasteiger partial charge in [-0.25, -0.2) is 4.79 Å². The van der Waals surface area contributed by atoms with Gasteiger partial charge >= 0.3 is 5.97 Å². The van der Waals surface area contributed by atoms with Crippen LogP contribution in [0.25, 0.3) is 0 Å². The van der Waals surface area contributed by atoms with Crippen molar-refractivity contribution in [3.63, 3.8) is 0 Å². The molecule has 1 spiro atoms. The van der Waals surface area contributed by atoms with Crippen molar-refractivity contribution in [1.82, 2.24) is 20.4 Å². The molecule has 16 heteroatoms. The van der Waals surface area contributed by atoms with E-state index in [4.69, 9.17) is 23.7 Å². The summed E-state index contributed by atoms with van der Waals surface area (Å²) in [5.74, 6) is -1.75. The number of amides is 2. The van der Waals surface area contributed by atoms with Gasteiger partial charge in [-0.15, -0.1) is 0 Å². The van der Waals surface area contributed by atoms with E-state index in [9.17, 15) is 34.8 Å². The van der Waals surface area contributed by atoms with E-state index in [-0.39, 0.29) is 36.1 Å². The molecule has 0 radical (unpaired) electrons. The lowest BCUT2D eigenvalue weighted by Gasteiger charge is -2.49. The highest BCUT2D eigenvalue weighted by Crippen LogP contribution is 2.38. The van der Waals surface area contributed by atoms with E-state index in [1.54, 1.807) is 6.07 Å². The molecule has 3 saturated heterocycles. The summed E-state index contributed by atoms with van der Waals surface area (Å²) in [5, 5.41) is 49.3. The summed E-state index contributed by atoms with van der Waals surface area (Å²) in [6.45, 7) is 10.4. The van der Waals surface area contributed by atoms with Crippen molar-refractivity contribution in [3.8, 4) is 11.5 Å². The van der Waals surface area contributed by atoms with Crippen molar-refractivity contribution >= 4 is 17.8 Å². The summed E-state index contributed by atoms with van der Waals surface area (Å²) >= 11 is 0. The zero-order valence-electron chi connectivity index (χ0n) is 29.8. The Kier molecular flexibility index (Phi) is 13.1. The van der Waals surface area contributed by atoms with Gasteiger partial charge < -0.3 is 54.7 Å². The zero-order chi connectivity index (χ0) is 36.9. The zero-order valence-corrected chi connectivity index (χ0v) is 29.8. The quantitative estimate of drug-likeness (QED) is 0.145. The molecule has 0 bridgehead atoms. The summed E-state index contributed by atoms with van der Waals surface area (Å²) in [4.78, 5) is 42.4. The topological polar surface area (TPSA) is 209 Å². The van der Waals surface area contributed by atoms with Crippen LogP contribution in [0.15, 0.2) is 18.2 Å². The van der Waals surface area contributed by atoms with Gasteiger partial charge in [-0.1, -0.05) is 0 Å². The molecule has 3 aliphatic rings. The number of carboxylic acids is 1. The molecule has 7 atom stereocenters. The highest BCUT2D eigenvalue weighted by atomic mass is 16.6. The summed E-state index contributed by atoms with van der Waals surface area (Å²) in [6, 6.07) is 3.25. The third kappa shape index (κ3) is 9.41. The first-order valence-electron chi connectivity index (χ1n) is 16.9. The molecule has 0 unspecified atom stereocenters. The normalized spacial score (nSPS) is 28.9. The number of nitrogens with zero attached hydrogens (tertiary/aromatic N) is 2. The van der Waals surface area contributed by atoms with Crippen LogP contribution in [0.1, 0.15) is 57.3 Å². The minimum absolute atomic E-state index is 0.0538. The van der Waals surface area contributed by atoms with Crippen LogP contribution >= 0.6 is 0 Å². The molecular weight excluding hydrogens is 656 g/mol. The maximum absolute atomic E-state index is 13.0. The lowest BCUT2D eigenvalue weighted by molar-refractivity contribution is -0.231. The predicted octanol–water partition coefficient (Wildman–Crippen LogP) is -0.427. The van der Waals surface area contributed by atoms with Gasteiger partial charge in [-0.05, 0) is 45.4 Å². The number of methoxy groups -OCH3 is 2. The molecule has 3 heterocycles. The Morgan fingerprint density at radius 1 is 1.12 bits per heavy atom. The number of carbonyl (C=O) groups excluding carboxylic acids is 2. The number of morpholine rings is 1. The van der Waals surface area contributed by atoms with Crippen LogP contribution < -0.4 is 20.1 Å². The number of likely N-dealkylation sites (tertiary alicyclic amines) is 1. The van der Waals surface area contributed by atoms with Gasteiger partial charge in [0.15, 0.2) is 17.1 Å². The fourth-order valence-electron chi connectivity index (χ4n) is 6.92. The summed E-state index contributed by atoms with van der Waals surface area (Å²) < 4.78 is 28.5. The number of nitrogens with one attached hydrogen (secondary N) is 2. The van der Waals surface area contributed by atoms with Crippen LogP contribution in [0, 0.1) is 0 Å². The van der Waals surface area contributed by atoms with Crippen molar-refractivity contribution in [3.05, 3.63) is 23.8 Å². The first-order valence-corrected chi connectivity index (χ1v) is 16.9. The second-order valence-corrected chi connectivity index (χ2v) is 14.4. The largest absolute Gasteiger partial charge is 0.493 e. The Bertz CT molecular complexity index is 1340. The molecule has 282 valence electrons. The van der Waals surface area contributed by atoms with Gasteiger partial charge in [0.05, 0.1) is 63.6 Å². The lowest BCUT2D eigenvalue weighted by Crippen LogP contribution is -2.68. The van der Waals surface area contributed by atoms with Crippen molar-refractivity contribution in [2.75, 3.05) is 66.9 Å². The molecule has 2 amide bonds. The Labute approximate surface area is 292 Å². The summed E-state index contributed by atoms with van der Waals surface area (Å²) in [5.41, 5.74) is -2.43. The van der Waals surface area contributed by atoms with Crippen molar-refractivity contribution in [1.29, 1.82) is 0 Å². The molecule has 16 nitrogen and oxygen atoms in total. The Morgan fingerprint density at radius 3 is 2.48 bits per heavy atom. The Balaban J connectivity index is 1.48. The van der Waals surface area contributed by atoms with Gasteiger partial charge in [0.25, 0.3) is 5.91 Å². The average molecular weight is 711 g/mol. The highest BCUT2D eigenvalue weighted by molar-refractivity contribution is 5.94.